The van der Waals surface area contributed by atoms with Crippen molar-refractivity contribution in [1.82, 2.24) is 10.3 Å². The van der Waals surface area contributed by atoms with Gasteiger partial charge in [0.25, 0.3) is 0 Å². The maximum absolute atomic E-state index is 14.1. The number of fused-ring (bicyclic) bond motifs is 7. The van der Waals surface area contributed by atoms with Crippen molar-refractivity contribution in [3.8, 4) is 0 Å². The van der Waals surface area contributed by atoms with E-state index in [9.17, 15) is 31.2 Å². The number of anilines is 1. The molecule has 9 nitrogen and oxygen atoms in total. The molecule has 1 heterocycles. The number of alkyl halides is 3. The lowest BCUT2D eigenvalue weighted by Gasteiger charge is -2.72. The molecule has 0 bridgehead atoms. The first kappa shape index (κ1) is 49.5. The molecule has 7 aliphatic carbocycles. The molecule has 366 valence electrons. The Bertz CT molecular complexity index is 2280. The maximum atomic E-state index is 14.1. The first-order valence-electron chi connectivity index (χ1n) is 24.5. The van der Waals surface area contributed by atoms with Crippen LogP contribution in [0.5, 0.6) is 0 Å². The van der Waals surface area contributed by atoms with E-state index in [-0.39, 0.29) is 74.0 Å². The minimum atomic E-state index is -5.72. The highest BCUT2D eigenvalue weighted by molar-refractivity contribution is 7.93. The van der Waals surface area contributed by atoms with Crippen molar-refractivity contribution in [2.24, 2.45) is 62.1 Å². The highest BCUT2D eigenvalue weighted by Gasteiger charge is 2.72. The van der Waals surface area contributed by atoms with Gasteiger partial charge in [0.05, 0.1) is 17.2 Å². The van der Waals surface area contributed by atoms with E-state index in [2.05, 4.69) is 70.6 Å². The number of carbonyl (C=O) groups excluding carboxylic acids is 2. The Kier molecular flexibility index (Phi) is 12.3. The molecule has 1 N–H and O–H groups in total. The molecule has 0 aromatic carbocycles. The third-order valence-corrected chi connectivity index (χ3v) is 20.9. The van der Waals surface area contributed by atoms with Crippen LogP contribution in [-0.4, -0.2) is 61.7 Å². The van der Waals surface area contributed by atoms with Crippen molar-refractivity contribution >= 4 is 39.4 Å². The standard InChI is InChI=1S/C52H73ClF3N3O6S/c1-31(2)36-16-21-51(58-24-25-59(66(62,63)52(54,55)56)41-15-12-35(53)28-57-41)23-22-47(10)38(42(36)51)13-14-40-46(9)19-17-37(45(7,8)39(46)18-20-48(40,47)11)34-26-49(27-34)29-50(30-49,43(60)64-32(3)4)44(61)65-33(5)6/h12,15,17,26,28,32-33,36,38-40,42,58H,1,13-14,16,18-25,27,29-30H2,2-11H3/t36-,38+,39-,40+,42+,46-,47+,48+,51-/m0/s1. The Morgan fingerprint density at radius 2 is 1.56 bits per heavy atom. The lowest BCUT2D eigenvalue weighted by molar-refractivity contribution is -0.221. The summed E-state index contributed by atoms with van der Waals surface area (Å²) in [6.07, 6.45) is 16.1. The largest absolute Gasteiger partial charge is 0.516 e. The van der Waals surface area contributed by atoms with E-state index in [1.165, 1.54) is 23.3 Å². The predicted octanol–water partition coefficient (Wildman–Crippen LogP) is 11.9. The van der Waals surface area contributed by atoms with Gasteiger partial charge in [0.2, 0.25) is 0 Å². The van der Waals surface area contributed by atoms with Gasteiger partial charge in [-0.1, -0.05) is 70.5 Å². The number of sulfonamides is 1. The van der Waals surface area contributed by atoms with Crippen LogP contribution in [0.15, 0.2) is 53.8 Å². The first-order valence-corrected chi connectivity index (χ1v) is 26.3. The van der Waals surface area contributed by atoms with Crippen LogP contribution in [0.1, 0.15) is 146 Å². The number of ether oxygens (including phenoxy) is 2. The van der Waals surface area contributed by atoms with Crippen molar-refractivity contribution in [1.29, 1.82) is 0 Å². The Morgan fingerprint density at radius 3 is 2.12 bits per heavy atom. The summed E-state index contributed by atoms with van der Waals surface area (Å²) in [5.74, 6) is 0.526. The first-order chi connectivity index (χ1) is 30.5. The molecule has 14 heteroatoms. The summed E-state index contributed by atoms with van der Waals surface area (Å²) in [7, 11) is -5.72. The van der Waals surface area contributed by atoms with E-state index in [0.717, 1.165) is 76.0 Å². The monoisotopic (exact) mass is 959 g/mol. The van der Waals surface area contributed by atoms with Gasteiger partial charge < -0.3 is 14.8 Å². The SMILES string of the molecule is C=C(C)[C@@H]1CC[C@]2(NCCN(c3ccc(Cl)cn3)S(=O)(=O)C(F)(F)F)CC[C@]3(C)[C@H](CC[C@@H]4[C@@]5(C)CC=C(C6=CC7(C6)CC(C(=O)OC(C)C)(C(=O)OC(C)C)C7)C(C)(C)[C@@H]5CC[C@]43C)[C@@H]12. The summed E-state index contributed by atoms with van der Waals surface area (Å²) in [6, 6.07) is 2.56. The van der Waals surface area contributed by atoms with Crippen LogP contribution in [-0.2, 0) is 29.1 Å². The van der Waals surface area contributed by atoms with Crippen molar-refractivity contribution in [3.05, 3.63) is 58.8 Å². The minimum Gasteiger partial charge on any atom is -0.462 e. The van der Waals surface area contributed by atoms with Gasteiger partial charge in [0, 0.05) is 24.8 Å². The van der Waals surface area contributed by atoms with Crippen LogP contribution in [0, 0.1) is 62.1 Å². The lowest BCUT2D eigenvalue weighted by Crippen LogP contribution is -2.68. The number of rotatable bonds is 12. The maximum Gasteiger partial charge on any atom is 0.516 e. The zero-order valence-corrected chi connectivity index (χ0v) is 42.4. The Labute approximate surface area is 396 Å². The molecule has 0 saturated heterocycles. The molecule has 9 atom stereocenters. The Hall–Kier alpha value is -2.90. The van der Waals surface area contributed by atoms with Gasteiger partial charge in [-0.2, -0.15) is 21.6 Å². The number of nitrogens with one attached hydrogen (secondary N) is 1. The highest BCUT2D eigenvalue weighted by Crippen LogP contribution is 2.77. The number of allylic oxidation sites excluding steroid dienone is 5. The third kappa shape index (κ3) is 7.45. The quantitative estimate of drug-likeness (QED) is 0.125. The summed E-state index contributed by atoms with van der Waals surface area (Å²) in [5.41, 5.74) is -3.36. The van der Waals surface area contributed by atoms with E-state index in [4.69, 9.17) is 21.1 Å². The van der Waals surface area contributed by atoms with E-state index in [0.29, 0.717) is 34.9 Å². The van der Waals surface area contributed by atoms with Crippen molar-refractivity contribution in [3.63, 3.8) is 0 Å². The molecule has 7 aliphatic rings. The van der Waals surface area contributed by atoms with Gasteiger partial charge in [-0.15, -0.1) is 0 Å². The van der Waals surface area contributed by atoms with Crippen LogP contribution in [0.2, 0.25) is 5.02 Å². The fourth-order valence-corrected chi connectivity index (χ4v) is 17.4. The number of hydrogen-bond donors (Lipinski definition) is 1. The molecular formula is C52H73ClF3N3O6S. The highest BCUT2D eigenvalue weighted by atomic mass is 35.5. The molecule has 1 spiro atoms. The average Bonchev–Trinajstić information content (AvgIpc) is 3.56. The molecule has 1 aromatic heterocycles. The molecule has 0 amide bonds. The molecule has 1 aromatic rings. The average molecular weight is 961 g/mol. The molecule has 5 saturated carbocycles. The number of nitrogens with zero attached hydrogens (tertiary/aromatic N) is 2. The van der Waals surface area contributed by atoms with Crippen LogP contribution in [0.3, 0.4) is 0 Å². The fraction of sp³-hybridized carbons (Fsp3) is 0.750. The third-order valence-electron chi connectivity index (χ3n) is 19.1. The number of esters is 2. The van der Waals surface area contributed by atoms with Crippen LogP contribution >= 0.6 is 11.6 Å². The normalized spacial score (nSPS) is 36.1. The number of halogens is 4. The fourth-order valence-electron chi connectivity index (χ4n) is 16.3. The van der Waals surface area contributed by atoms with Crippen LogP contribution < -0.4 is 9.62 Å². The molecule has 66 heavy (non-hydrogen) atoms. The van der Waals surface area contributed by atoms with E-state index >= 15 is 0 Å². The summed E-state index contributed by atoms with van der Waals surface area (Å²) < 4.78 is 79.7. The van der Waals surface area contributed by atoms with Crippen LogP contribution in [0.25, 0.3) is 0 Å². The van der Waals surface area contributed by atoms with E-state index in [1.807, 2.05) is 0 Å². The molecular weight excluding hydrogens is 887 g/mol. The Morgan fingerprint density at radius 1 is 0.924 bits per heavy atom. The van der Waals surface area contributed by atoms with E-state index in [1.54, 1.807) is 27.7 Å². The summed E-state index contributed by atoms with van der Waals surface area (Å²) in [4.78, 5) is 30.8. The second kappa shape index (κ2) is 16.3. The van der Waals surface area contributed by atoms with Gasteiger partial charge in [-0.05, 0) is 192 Å². The summed E-state index contributed by atoms with van der Waals surface area (Å²) in [5, 5.41) is 3.96. The number of aromatic nitrogens is 1. The van der Waals surface area contributed by atoms with Crippen molar-refractivity contribution < 1.29 is 40.7 Å². The van der Waals surface area contributed by atoms with Gasteiger partial charge in [0.15, 0.2) is 5.41 Å². The molecule has 0 unspecified atom stereocenters. The minimum absolute atomic E-state index is 0.0117. The lowest BCUT2D eigenvalue weighted by atomic mass is 9.32. The van der Waals surface area contributed by atoms with E-state index < -0.39 is 39.4 Å². The number of pyridine rings is 1. The Balaban J connectivity index is 1.02. The zero-order chi connectivity index (χ0) is 48.4. The zero-order valence-electron chi connectivity index (χ0n) is 40.8. The van der Waals surface area contributed by atoms with Gasteiger partial charge in [-0.25, -0.2) is 9.29 Å². The number of carbonyl (C=O) groups is 2. The van der Waals surface area contributed by atoms with Crippen LogP contribution in [0.4, 0.5) is 19.0 Å². The topological polar surface area (TPSA) is 115 Å². The van der Waals surface area contributed by atoms with Gasteiger partial charge in [-0.3, -0.25) is 9.59 Å². The molecule has 0 aliphatic heterocycles. The molecule has 8 rings (SSSR count). The molecule has 0 radical (unpaired) electrons. The second-order valence-corrected chi connectivity index (χ2v) is 26.0. The number of hydrogen-bond acceptors (Lipinski definition) is 8. The van der Waals surface area contributed by atoms with Gasteiger partial charge in [0.1, 0.15) is 5.82 Å². The predicted molar refractivity (Wildman–Crippen MR) is 252 cm³/mol. The molecule has 5 fully saturated rings. The summed E-state index contributed by atoms with van der Waals surface area (Å²) in [6.45, 7) is 26.0. The summed E-state index contributed by atoms with van der Waals surface area (Å²) >= 11 is 5.98. The van der Waals surface area contributed by atoms with Crippen molar-refractivity contribution in [2.75, 3.05) is 17.4 Å². The smallest absolute Gasteiger partial charge is 0.462 e. The second-order valence-electron chi connectivity index (χ2n) is 23.7. The van der Waals surface area contributed by atoms with Crippen molar-refractivity contribution in [2.45, 2.75) is 170 Å². The van der Waals surface area contributed by atoms with Gasteiger partial charge >= 0.3 is 27.5 Å².